The van der Waals surface area contributed by atoms with Crippen LogP contribution in [0.5, 0.6) is 0 Å². The largest absolute Gasteiger partial charge is 0.381 e. The predicted octanol–water partition coefficient (Wildman–Crippen LogP) is 7.86. The van der Waals surface area contributed by atoms with E-state index in [1.54, 1.807) is 21.3 Å². The van der Waals surface area contributed by atoms with E-state index in [2.05, 4.69) is 35.5 Å². The molecule has 3 heteroatoms. The summed E-state index contributed by atoms with van der Waals surface area (Å²) in [6, 6.07) is 29.9. The molecule has 0 saturated heterocycles. The van der Waals surface area contributed by atoms with E-state index in [9.17, 15) is 0 Å². The lowest BCUT2D eigenvalue weighted by Gasteiger charge is -2.16. The Kier molecular flexibility index (Phi) is 13.3. The fourth-order valence-corrected chi connectivity index (χ4v) is 4.47. The highest BCUT2D eigenvalue weighted by Gasteiger charge is 2.18. The Morgan fingerprint density at radius 1 is 0.400 bits per heavy atom. The van der Waals surface area contributed by atoms with Crippen LogP contribution in [-0.4, -0.2) is 41.2 Å². The van der Waals surface area contributed by atoms with Gasteiger partial charge >= 0.3 is 0 Å². The van der Waals surface area contributed by atoms with E-state index in [1.807, 2.05) is 127 Å². The Morgan fingerprint density at radius 3 is 0.911 bits per heavy atom. The second kappa shape index (κ2) is 18.4. The molecule has 45 heavy (non-hydrogen) atoms. The van der Waals surface area contributed by atoms with E-state index in [0.29, 0.717) is 19.8 Å². The average molecular weight is 589 g/mol. The van der Waals surface area contributed by atoms with E-state index >= 15 is 0 Å². The van der Waals surface area contributed by atoms with Crippen LogP contribution in [0.4, 0.5) is 0 Å². The summed E-state index contributed by atoms with van der Waals surface area (Å²) in [5.41, 5.74) is 7.85. The van der Waals surface area contributed by atoms with Gasteiger partial charge in [-0.1, -0.05) is 127 Å². The molecule has 4 aromatic rings. The van der Waals surface area contributed by atoms with Crippen molar-refractivity contribution in [1.82, 2.24) is 0 Å². The van der Waals surface area contributed by atoms with Gasteiger partial charge in [-0.05, 0) is 36.4 Å². The number of hydrogen-bond acceptors (Lipinski definition) is 3. The summed E-state index contributed by atoms with van der Waals surface area (Å²) in [5.74, 6) is 20.7. The minimum absolute atomic E-state index is 0.441. The highest BCUT2D eigenvalue weighted by Crippen LogP contribution is 2.31. The van der Waals surface area contributed by atoms with E-state index in [-0.39, 0.29) is 0 Å². The maximum absolute atomic E-state index is 5.39. The van der Waals surface area contributed by atoms with Crippen molar-refractivity contribution in [2.24, 2.45) is 0 Å². The van der Waals surface area contributed by atoms with Gasteiger partial charge in [-0.2, -0.15) is 0 Å². The topological polar surface area (TPSA) is 27.7 Å². The molecule has 0 aliphatic heterocycles. The van der Waals surface area contributed by atoms with E-state index < -0.39 is 0 Å². The van der Waals surface area contributed by atoms with Crippen LogP contribution in [-0.2, 0) is 14.2 Å². The Hall–Kier alpha value is -5.34. The molecule has 0 spiro atoms. The zero-order chi connectivity index (χ0) is 31.5. The lowest BCUT2D eigenvalue weighted by atomic mass is 9.85. The SMILES string of the molecule is COCC=Cc1c(C#Cc2ccccc2)c(C=CCOC)c(C#Cc2ccccc2)c(C=CCOC)c1C#Cc1ccccc1. The molecule has 0 aliphatic carbocycles. The molecule has 3 nitrogen and oxygen atoms in total. The molecule has 0 atom stereocenters. The Morgan fingerprint density at radius 2 is 0.667 bits per heavy atom. The van der Waals surface area contributed by atoms with Crippen LogP contribution >= 0.6 is 0 Å². The van der Waals surface area contributed by atoms with Crippen LogP contribution in [0.2, 0.25) is 0 Å². The average Bonchev–Trinajstić information content (AvgIpc) is 3.08. The second-order valence-electron chi connectivity index (χ2n) is 9.79. The van der Waals surface area contributed by atoms with Gasteiger partial charge in [-0.3, -0.25) is 0 Å². The Bertz CT molecular complexity index is 1580. The quantitative estimate of drug-likeness (QED) is 0.186. The summed E-state index contributed by atoms with van der Waals surface area (Å²) < 4.78 is 16.2. The summed E-state index contributed by atoms with van der Waals surface area (Å²) in [4.78, 5) is 0. The van der Waals surface area contributed by atoms with Crippen molar-refractivity contribution < 1.29 is 14.2 Å². The van der Waals surface area contributed by atoms with Crippen LogP contribution in [0.15, 0.2) is 109 Å². The molecule has 0 aromatic heterocycles. The number of ether oxygens (including phenoxy) is 3. The molecule has 0 bridgehead atoms. The molecule has 4 rings (SSSR count). The third-order valence-electron chi connectivity index (χ3n) is 6.58. The van der Waals surface area contributed by atoms with Crippen molar-refractivity contribution >= 4 is 18.2 Å². The molecule has 0 radical (unpaired) electrons. The molecule has 0 aliphatic rings. The van der Waals surface area contributed by atoms with Crippen molar-refractivity contribution in [3.05, 3.63) is 159 Å². The van der Waals surface area contributed by atoms with Gasteiger partial charge in [0, 0.05) is 71.4 Å². The molecule has 4 aromatic carbocycles. The van der Waals surface area contributed by atoms with Crippen LogP contribution in [0.1, 0.15) is 50.1 Å². The first-order valence-corrected chi connectivity index (χ1v) is 14.7. The van der Waals surface area contributed by atoms with E-state index in [0.717, 1.165) is 50.1 Å². The van der Waals surface area contributed by atoms with Gasteiger partial charge in [-0.25, -0.2) is 0 Å². The van der Waals surface area contributed by atoms with Gasteiger partial charge < -0.3 is 14.2 Å². The minimum atomic E-state index is 0.441. The first kappa shape index (κ1) is 32.6. The molecular weight excluding hydrogens is 552 g/mol. The summed E-state index contributed by atoms with van der Waals surface area (Å²) >= 11 is 0. The fraction of sp³-hybridized carbons (Fsp3) is 0.143. The zero-order valence-corrected chi connectivity index (χ0v) is 26.0. The fourth-order valence-electron chi connectivity index (χ4n) is 4.47. The molecular formula is C42H36O3. The number of methoxy groups -OCH3 is 3. The first-order valence-electron chi connectivity index (χ1n) is 14.7. The molecule has 222 valence electrons. The molecule has 0 heterocycles. The summed E-state index contributed by atoms with van der Waals surface area (Å²) in [7, 11) is 5.03. The van der Waals surface area contributed by atoms with Crippen molar-refractivity contribution in [3.8, 4) is 35.5 Å². The summed E-state index contributed by atoms with van der Waals surface area (Å²) in [6.45, 7) is 1.32. The van der Waals surface area contributed by atoms with Crippen molar-refractivity contribution in [3.63, 3.8) is 0 Å². The Balaban J connectivity index is 2.17. The maximum Gasteiger partial charge on any atom is 0.0646 e. The summed E-state index contributed by atoms with van der Waals surface area (Å²) in [6.07, 6.45) is 12.1. The first-order chi connectivity index (χ1) is 22.2. The number of hydrogen-bond donors (Lipinski definition) is 0. The van der Waals surface area contributed by atoms with Crippen LogP contribution in [0.25, 0.3) is 18.2 Å². The third kappa shape index (κ3) is 9.84. The highest BCUT2D eigenvalue weighted by molar-refractivity contribution is 5.85. The highest BCUT2D eigenvalue weighted by atomic mass is 16.5. The molecule has 0 fully saturated rings. The van der Waals surface area contributed by atoms with Crippen molar-refractivity contribution in [2.75, 3.05) is 41.2 Å². The maximum atomic E-state index is 5.39. The third-order valence-corrected chi connectivity index (χ3v) is 6.58. The molecule has 0 saturated carbocycles. The predicted molar refractivity (Wildman–Crippen MR) is 186 cm³/mol. The van der Waals surface area contributed by atoms with Gasteiger partial charge in [0.1, 0.15) is 0 Å². The zero-order valence-electron chi connectivity index (χ0n) is 26.0. The van der Waals surface area contributed by atoms with Crippen LogP contribution in [0, 0.1) is 35.5 Å². The van der Waals surface area contributed by atoms with Crippen molar-refractivity contribution in [1.29, 1.82) is 0 Å². The lowest BCUT2D eigenvalue weighted by Crippen LogP contribution is -2.04. The minimum Gasteiger partial charge on any atom is -0.381 e. The van der Waals surface area contributed by atoms with Crippen LogP contribution in [0.3, 0.4) is 0 Å². The van der Waals surface area contributed by atoms with Gasteiger partial charge in [0.05, 0.1) is 19.8 Å². The lowest BCUT2D eigenvalue weighted by molar-refractivity contribution is 0.234. The van der Waals surface area contributed by atoms with Gasteiger partial charge in [0.15, 0.2) is 0 Å². The summed E-state index contributed by atoms with van der Waals surface area (Å²) in [5, 5.41) is 0. The van der Waals surface area contributed by atoms with E-state index in [4.69, 9.17) is 14.2 Å². The number of benzene rings is 4. The Labute approximate surface area is 267 Å². The van der Waals surface area contributed by atoms with Crippen LogP contribution < -0.4 is 0 Å². The second-order valence-corrected chi connectivity index (χ2v) is 9.79. The number of rotatable bonds is 9. The van der Waals surface area contributed by atoms with Crippen molar-refractivity contribution in [2.45, 2.75) is 0 Å². The van der Waals surface area contributed by atoms with Gasteiger partial charge in [0.25, 0.3) is 0 Å². The van der Waals surface area contributed by atoms with Gasteiger partial charge in [-0.15, -0.1) is 0 Å². The van der Waals surface area contributed by atoms with E-state index in [1.165, 1.54) is 0 Å². The standard InChI is InChI=1S/C42H36O3/c1-43-31-13-22-37-40(28-25-34-16-7-4-8-17-34)38(23-14-32-44-2)42(30-27-36-20-11-6-12-21-36)39(24-15-33-45-3)41(37)29-26-35-18-9-5-10-19-35/h4-24H,31-33H2,1-3H3. The monoisotopic (exact) mass is 588 g/mol. The molecule has 0 amide bonds. The smallest absolute Gasteiger partial charge is 0.0646 e. The molecule has 0 N–H and O–H groups in total. The molecule has 0 unspecified atom stereocenters. The van der Waals surface area contributed by atoms with Gasteiger partial charge in [0.2, 0.25) is 0 Å². The normalized spacial score (nSPS) is 10.7.